The van der Waals surface area contributed by atoms with Gasteiger partial charge in [0.05, 0.1) is 5.69 Å². The van der Waals surface area contributed by atoms with Gasteiger partial charge in [0.15, 0.2) is 5.69 Å². The minimum absolute atomic E-state index is 0.133. The molecule has 0 atom stereocenters. The van der Waals surface area contributed by atoms with Crippen molar-refractivity contribution in [3.05, 3.63) is 40.9 Å². The molecule has 0 saturated carbocycles. The summed E-state index contributed by atoms with van der Waals surface area (Å²) in [5.74, 6) is -0.133. The summed E-state index contributed by atoms with van der Waals surface area (Å²) in [7, 11) is 3.38. The predicted molar refractivity (Wildman–Crippen MR) is 69.1 cm³/mol. The third-order valence-corrected chi connectivity index (χ3v) is 2.71. The summed E-state index contributed by atoms with van der Waals surface area (Å²) in [5.41, 5.74) is 2.14. The Labute approximate surface area is 110 Å². The van der Waals surface area contributed by atoms with E-state index in [1.54, 1.807) is 43.3 Å². The molecule has 0 N–H and O–H groups in total. The lowest BCUT2D eigenvalue weighted by atomic mass is 10.3. The third kappa shape index (κ3) is 2.36. The summed E-state index contributed by atoms with van der Waals surface area (Å²) in [6.07, 6.45) is 3.40. The largest absolute Gasteiger partial charge is 0.343 e. The molecule has 0 fully saturated rings. The third-order valence-electron chi connectivity index (χ3n) is 2.50. The Morgan fingerprint density at radius 2 is 2.17 bits per heavy atom. The summed E-state index contributed by atoms with van der Waals surface area (Å²) >= 11 is 5.86. The first-order valence-corrected chi connectivity index (χ1v) is 5.76. The number of amides is 1. The second-order valence-corrected chi connectivity index (χ2v) is 4.53. The zero-order chi connectivity index (χ0) is 13.3. The van der Waals surface area contributed by atoms with Crippen LogP contribution in [0.4, 0.5) is 0 Å². The Morgan fingerprint density at radius 1 is 1.44 bits per heavy atom. The maximum Gasteiger partial charge on any atom is 0.273 e. The van der Waals surface area contributed by atoms with E-state index in [2.05, 4.69) is 10.1 Å². The standard InChI is InChI=1S/C12H13ClN4O/c1-8-7-14-11(13)6-10(8)17-5-4-9(15-17)12(18)16(2)3/h4-7H,1-3H3. The lowest BCUT2D eigenvalue weighted by molar-refractivity contribution is 0.0821. The van der Waals surface area contributed by atoms with Gasteiger partial charge in [0.2, 0.25) is 0 Å². The first-order chi connectivity index (χ1) is 8.49. The summed E-state index contributed by atoms with van der Waals surface area (Å²) in [6, 6.07) is 3.39. The van der Waals surface area contributed by atoms with E-state index in [9.17, 15) is 4.79 Å². The molecule has 0 aliphatic carbocycles. The summed E-state index contributed by atoms with van der Waals surface area (Å²) in [6.45, 7) is 1.91. The molecule has 0 spiro atoms. The number of rotatable bonds is 2. The predicted octanol–water partition coefficient (Wildman–Crippen LogP) is 1.93. The molecule has 0 radical (unpaired) electrons. The second-order valence-electron chi connectivity index (χ2n) is 4.14. The van der Waals surface area contributed by atoms with Crippen LogP contribution in [0.3, 0.4) is 0 Å². The Morgan fingerprint density at radius 3 is 2.83 bits per heavy atom. The van der Waals surface area contributed by atoms with Gasteiger partial charge in [0.25, 0.3) is 5.91 Å². The molecule has 0 bridgehead atoms. The first-order valence-electron chi connectivity index (χ1n) is 5.39. The van der Waals surface area contributed by atoms with Gasteiger partial charge in [-0.1, -0.05) is 11.6 Å². The number of nitrogens with zero attached hydrogens (tertiary/aromatic N) is 4. The molecule has 0 aliphatic rings. The monoisotopic (exact) mass is 264 g/mol. The quantitative estimate of drug-likeness (QED) is 0.779. The molecule has 6 heteroatoms. The highest BCUT2D eigenvalue weighted by molar-refractivity contribution is 6.29. The van der Waals surface area contributed by atoms with Gasteiger partial charge in [-0.3, -0.25) is 4.79 Å². The normalized spacial score (nSPS) is 10.4. The number of pyridine rings is 1. The SMILES string of the molecule is Cc1cnc(Cl)cc1-n1ccc(C(=O)N(C)C)n1. The minimum Gasteiger partial charge on any atom is -0.343 e. The maximum atomic E-state index is 11.8. The van der Waals surface area contributed by atoms with Gasteiger partial charge in [-0.15, -0.1) is 0 Å². The van der Waals surface area contributed by atoms with E-state index in [-0.39, 0.29) is 5.91 Å². The van der Waals surface area contributed by atoms with Gasteiger partial charge in [-0.2, -0.15) is 5.10 Å². The fourth-order valence-electron chi connectivity index (χ4n) is 1.54. The number of carbonyl (C=O) groups excluding carboxylic acids is 1. The molecule has 0 aliphatic heterocycles. The lowest BCUT2D eigenvalue weighted by Crippen LogP contribution is -2.22. The molecule has 94 valence electrons. The van der Waals surface area contributed by atoms with Crippen molar-refractivity contribution in [2.75, 3.05) is 14.1 Å². The molecular formula is C12H13ClN4O. The Kier molecular flexibility index (Phi) is 3.34. The van der Waals surface area contributed by atoms with Crippen LogP contribution in [0.1, 0.15) is 16.1 Å². The van der Waals surface area contributed by atoms with Crippen molar-refractivity contribution in [3.8, 4) is 5.69 Å². The van der Waals surface area contributed by atoms with Crippen molar-refractivity contribution in [2.45, 2.75) is 6.92 Å². The van der Waals surface area contributed by atoms with Crippen molar-refractivity contribution >= 4 is 17.5 Å². The molecule has 5 nitrogen and oxygen atoms in total. The highest BCUT2D eigenvalue weighted by Crippen LogP contribution is 2.16. The van der Waals surface area contributed by atoms with Crippen LogP contribution < -0.4 is 0 Å². The highest BCUT2D eigenvalue weighted by atomic mass is 35.5. The molecular weight excluding hydrogens is 252 g/mol. The van der Waals surface area contributed by atoms with Crippen molar-refractivity contribution in [1.82, 2.24) is 19.7 Å². The number of aryl methyl sites for hydroxylation is 1. The summed E-state index contributed by atoms with van der Waals surface area (Å²) in [5, 5.41) is 4.64. The van der Waals surface area contributed by atoms with Gasteiger partial charge < -0.3 is 4.90 Å². The van der Waals surface area contributed by atoms with Gasteiger partial charge in [-0.25, -0.2) is 9.67 Å². The van der Waals surface area contributed by atoms with Crippen molar-refractivity contribution in [2.24, 2.45) is 0 Å². The molecule has 2 aromatic heterocycles. The second kappa shape index (κ2) is 4.78. The summed E-state index contributed by atoms with van der Waals surface area (Å²) < 4.78 is 1.62. The topological polar surface area (TPSA) is 51.0 Å². The summed E-state index contributed by atoms with van der Waals surface area (Å²) in [4.78, 5) is 17.2. The van der Waals surface area contributed by atoms with E-state index in [1.165, 1.54) is 4.90 Å². The van der Waals surface area contributed by atoms with Crippen LogP contribution in [0.5, 0.6) is 0 Å². The van der Waals surface area contributed by atoms with Crippen molar-refractivity contribution < 1.29 is 4.79 Å². The number of aromatic nitrogens is 3. The zero-order valence-electron chi connectivity index (χ0n) is 10.4. The van der Waals surface area contributed by atoms with E-state index in [0.29, 0.717) is 10.8 Å². The van der Waals surface area contributed by atoms with E-state index in [0.717, 1.165) is 11.3 Å². The Hall–Kier alpha value is -1.88. The first kappa shape index (κ1) is 12.6. The van der Waals surface area contributed by atoms with E-state index in [1.807, 2.05) is 6.92 Å². The average molecular weight is 265 g/mol. The fraction of sp³-hybridized carbons (Fsp3) is 0.250. The van der Waals surface area contributed by atoms with Crippen LogP contribution in [0, 0.1) is 6.92 Å². The van der Waals surface area contributed by atoms with Crippen LogP contribution in [0.2, 0.25) is 5.15 Å². The fourth-order valence-corrected chi connectivity index (χ4v) is 1.69. The smallest absolute Gasteiger partial charge is 0.273 e. The lowest BCUT2D eigenvalue weighted by Gasteiger charge is -2.08. The van der Waals surface area contributed by atoms with Crippen molar-refractivity contribution in [1.29, 1.82) is 0 Å². The number of hydrogen-bond donors (Lipinski definition) is 0. The zero-order valence-corrected chi connectivity index (χ0v) is 11.1. The molecule has 2 rings (SSSR count). The molecule has 0 saturated heterocycles. The number of carbonyl (C=O) groups is 1. The molecule has 18 heavy (non-hydrogen) atoms. The van der Waals surface area contributed by atoms with Crippen molar-refractivity contribution in [3.63, 3.8) is 0 Å². The van der Waals surface area contributed by atoms with E-state index in [4.69, 9.17) is 11.6 Å². The van der Waals surface area contributed by atoms with Crippen LogP contribution in [-0.2, 0) is 0 Å². The van der Waals surface area contributed by atoms with Crippen LogP contribution in [0.15, 0.2) is 24.5 Å². The van der Waals surface area contributed by atoms with Crippen LogP contribution in [0.25, 0.3) is 5.69 Å². The van der Waals surface area contributed by atoms with Gasteiger partial charge in [-0.05, 0) is 18.6 Å². The maximum absolute atomic E-state index is 11.8. The van der Waals surface area contributed by atoms with E-state index < -0.39 is 0 Å². The Balaban J connectivity index is 2.41. The van der Waals surface area contributed by atoms with Crippen LogP contribution in [-0.4, -0.2) is 39.7 Å². The van der Waals surface area contributed by atoms with Gasteiger partial charge >= 0.3 is 0 Å². The average Bonchev–Trinajstić information content (AvgIpc) is 2.80. The minimum atomic E-state index is -0.133. The number of halogens is 1. The Bertz CT molecular complexity index is 592. The van der Waals surface area contributed by atoms with E-state index >= 15 is 0 Å². The van der Waals surface area contributed by atoms with Crippen LogP contribution >= 0.6 is 11.6 Å². The van der Waals surface area contributed by atoms with Gasteiger partial charge in [0.1, 0.15) is 5.15 Å². The van der Waals surface area contributed by atoms with Gasteiger partial charge in [0, 0.05) is 32.6 Å². The molecule has 2 aromatic rings. The number of hydrogen-bond acceptors (Lipinski definition) is 3. The molecule has 0 unspecified atom stereocenters. The molecule has 2 heterocycles. The highest BCUT2D eigenvalue weighted by Gasteiger charge is 2.13. The molecule has 1 amide bonds. The molecule has 0 aromatic carbocycles.